The van der Waals surface area contributed by atoms with Gasteiger partial charge in [-0.15, -0.1) is 10.2 Å². The van der Waals surface area contributed by atoms with E-state index >= 15 is 0 Å². The molecule has 19 heavy (non-hydrogen) atoms. The Morgan fingerprint density at radius 3 is 2.74 bits per heavy atom. The van der Waals surface area contributed by atoms with Crippen molar-refractivity contribution in [2.45, 2.75) is 30.8 Å². The number of nitrogens with two attached hydrogens (primary N) is 1. The van der Waals surface area contributed by atoms with Crippen molar-refractivity contribution in [2.75, 3.05) is 5.73 Å². The summed E-state index contributed by atoms with van der Waals surface area (Å²) < 4.78 is 15.9. The third-order valence-electron chi connectivity index (χ3n) is 2.50. The molecule has 0 aliphatic heterocycles. The molecule has 0 fully saturated rings. The fraction of sp³-hybridized carbons (Fsp3) is 0.333. The Hall–Kier alpha value is -1.08. The third kappa shape index (κ3) is 3.48. The standard InChI is InChI=1S/C12H14BrFN4S/c1-7(2)18-11(15)16-17-12(18)19-6-8-3-9(13)5-10(14)4-8/h3-5,7H,6H2,1-2H3,(H2,15,16). The van der Waals surface area contributed by atoms with Crippen molar-refractivity contribution in [3.05, 3.63) is 34.1 Å². The minimum absolute atomic E-state index is 0.191. The predicted octanol–water partition coefficient (Wildman–Crippen LogP) is 3.64. The molecule has 0 saturated heterocycles. The molecule has 1 aromatic heterocycles. The van der Waals surface area contributed by atoms with E-state index in [4.69, 9.17) is 5.73 Å². The first-order valence-corrected chi connectivity index (χ1v) is 7.53. The zero-order valence-corrected chi connectivity index (χ0v) is 13.0. The van der Waals surface area contributed by atoms with Crippen LogP contribution in [0, 0.1) is 5.82 Å². The lowest BCUT2D eigenvalue weighted by Gasteiger charge is -2.11. The summed E-state index contributed by atoms with van der Waals surface area (Å²) in [5, 5.41) is 8.66. The van der Waals surface area contributed by atoms with Gasteiger partial charge in [0.25, 0.3) is 0 Å². The van der Waals surface area contributed by atoms with E-state index in [9.17, 15) is 4.39 Å². The molecule has 1 heterocycles. The zero-order chi connectivity index (χ0) is 14.0. The molecular weight excluding hydrogens is 331 g/mol. The van der Waals surface area contributed by atoms with Crippen LogP contribution < -0.4 is 5.73 Å². The van der Waals surface area contributed by atoms with Crippen molar-refractivity contribution in [1.82, 2.24) is 14.8 Å². The summed E-state index contributed by atoms with van der Waals surface area (Å²) >= 11 is 4.77. The Kier molecular flexibility index (Phi) is 4.46. The zero-order valence-electron chi connectivity index (χ0n) is 10.6. The van der Waals surface area contributed by atoms with Gasteiger partial charge in [0.05, 0.1) is 0 Å². The van der Waals surface area contributed by atoms with E-state index in [1.54, 1.807) is 0 Å². The lowest BCUT2D eigenvalue weighted by molar-refractivity contribution is 0.557. The maximum absolute atomic E-state index is 13.3. The van der Waals surface area contributed by atoms with E-state index in [0.717, 1.165) is 15.2 Å². The van der Waals surface area contributed by atoms with Gasteiger partial charge in [-0.1, -0.05) is 27.7 Å². The summed E-state index contributed by atoms with van der Waals surface area (Å²) in [4.78, 5) is 0. The molecule has 7 heteroatoms. The van der Waals surface area contributed by atoms with Gasteiger partial charge in [-0.3, -0.25) is 4.57 Å². The number of anilines is 1. The Labute approximate surface area is 123 Å². The molecule has 2 aromatic rings. The van der Waals surface area contributed by atoms with Crippen LogP contribution in [0.5, 0.6) is 0 Å². The summed E-state index contributed by atoms with van der Waals surface area (Å²) in [5.41, 5.74) is 6.65. The number of hydrogen-bond donors (Lipinski definition) is 1. The van der Waals surface area contributed by atoms with Crippen LogP contribution in [0.3, 0.4) is 0 Å². The fourth-order valence-corrected chi connectivity index (χ4v) is 3.23. The van der Waals surface area contributed by atoms with E-state index in [1.165, 1.54) is 23.9 Å². The smallest absolute Gasteiger partial charge is 0.222 e. The second-order valence-electron chi connectivity index (χ2n) is 4.37. The normalized spacial score (nSPS) is 11.2. The topological polar surface area (TPSA) is 56.7 Å². The Balaban J connectivity index is 2.14. The van der Waals surface area contributed by atoms with Gasteiger partial charge in [-0.05, 0) is 37.6 Å². The summed E-state index contributed by atoms with van der Waals surface area (Å²) in [6.45, 7) is 4.03. The molecule has 0 atom stereocenters. The van der Waals surface area contributed by atoms with Crippen LogP contribution in [0.25, 0.3) is 0 Å². The van der Waals surface area contributed by atoms with Gasteiger partial charge in [0.2, 0.25) is 5.95 Å². The van der Waals surface area contributed by atoms with E-state index in [-0.39, 0.29) is 11.9 Å². The maximum Gasteiger partial charge on any atom is 0.222 e. The molecule has 0 aliphatic carbocycles. The molecule has 4 nitrogen and oxygen atoms in total. The highest BCUT2D eigenvalue weighted by Gasteiger charge is 2.13. The number of hydrogen-bond acceptors (Lipinski definition) is 4. The third-order valence-corrected chi connectivity index (χ3v) is 3.97. The van der Waals surface area contributed by atoms with Gasteiger partial charge in [0.15, 0.2) is 5.16 Å². The number of halogens is 2. The Morgan fingerprint density at radius 1 is 1.37 bits per heavy atom. The second kappa shape index (κ2) is 5.92. The lowest BCUT2D eigenvalue weighted by Crippen LogP contribution is -2.07. The van der Waals surface area contributed by atoms with Crippen LogP contribution in [0.1, 0.15) is 25.5 Å². The van der Waals surface area contributed by atoms with Crippen molar-refractivity contribution < 1.29 is 4.39 Å². The molecule has 102 valence electrons. The minimum atomic E-state index is -0.255. The van der Waals surface area contributed by atoms with Gasteiger partial charge < -0.3 is 5.73 Å². The molecule has 2 N–H and O–H groups in total. The summed E-state index contributed by atoms with van der Waals surface area (Å²) in [7, 11) is 0. The Morgan fingerprint density at radius 2 is 2.11 bits per heavy atom. The van der Waals surface area contributed by atoms with Crippen LogP contribution in [-0.2, 0) is 5.75 Å². The van der Waals surface area contributed by atoms with Crippen LogP contribution in [0.4, 0.5) is 10.3 Å². The summed E-state index contributed by atoms with van der Waals surface area (Å²) in [6, 6.07) is 5.02. The van der Waals surface area contributed by atoms with Crippen molar-refractivity contribution in [2.24, 2.45) is 0 Å². The second-order valence-corrected chi connectivity index (χ2v) is 6.23. The molecule has 0 aliphatic rings. The van der Waals surface area contributed by atoms with Gasteiger partial charge in [0.1, 0.15) is 5.82 Å². The first kappa shape index (κ1) is 14.3. The maximum atomic E-state index is 13.3. The SMILES string of the molecule is CC(C)n1c(N)nnc1SCc1cc(F)cc(Br)c1. The largest absolute Gasteiger partial charge is 0.368 e. The molecule has 0 amide bonds. The van der Waals surface area contributed by atoms with E-state index in [1.807, 2.05) is 24.5 Å². The predicted molar refractivity (Wildman–Crippen MR) is 78.5 cm³/mol. The highest BCUT2D eigenvalue weighted by atomic mass is 79.9. The number of aromatic nitrogens is 3. The average Bonchev–Trinajstić information content (AvgIpc) is 2.66. The van der Waals surface area contributed by atoms with E-state index < -0.39 is 0 Å². The number of nitrogens with zero attached hydrogens (tertiary/aromatic N) is 3. The average molecular weight is 345 g/mol. The van der Waals surface area contributed by atoms with Gasteiger partial charge in [0, 0.05) is 16.3 Å². The molecule has 0 saturated carbocycles. The highest BCUT2D eigenvalue weighted by molar-refractivity contribution is 9.10. The number of rotatable bonds is 4. The molecular formula is C12H14BrFN4S. The van der Waals surface area contributed by atoms with Crippen molar-refractivity contribution in [1.29, 1.82) is 0 Å². The number of thioether (sulfide) groups is 1. The van der Waals surface area contributed by atoms with Crippen LogP contribution >= 0.6 is 27.7 Å². The first-order chi connectivity index (χ1) is 8.97. The molecule has 2 rings (SSSR count). The fourth-order valence-electron chi connectivity index (χ4n) is 1.71. The summed E-state index contributed by atoms with van der Waals surface area (Å²) in [6.07, 6.45) is 0. The number of nitrogen functional groups attached to an aromatic ring is 1. The molecule has 0 bridgehead atoms. The van der Waals surface area contributed by atoms with Crippen LogP contribution in [0.15, 0.2) is 27.8 Å². The van der Waals surface area contributed by atoms with Crippen molar-refractivity contribution in [3.63, 3.8) is 0 Å². The minimum Gasteiger partial charge on any atom is -0.368 e. The summed E-state index contributed by atoms with van der Waals surface area (Å²) in [5.74, 6) is 0.758. The van der Waals surface area contributed by atoms with Crippen molar-refractivity contribution in [3.8, 4) is 0 Å². The van der Waals surface area contributed by atoms with Crippen molar-refractivity contribution >= 4 is 33.6 Å². The lowest BCUT2D eigenvalue weighted by atomic mass is 10.2. The van der Waals surface area contributed by atoms with Crippen LogP contribution in [-0.4, -0.2) is 14.8 Å². The Bertz CT molecular complexity index is 565. The van der Waals surface area contributed by atoms with Gasteiger partial charge >= 0.3 is 0 Å². The monoisotopic (exact) mass is 344 g/mol. The number of benzene rings is 1. The molecule has 0 radical (unpaired) electrons. The highest BCUT2D eigenvalue weighted by Crippen LogP contribution is 2.27. The molecule has 0 spiro atoms. The van der Waals surface area contributed by atoms with E-state index in [2.05, 4.69) is 26.1 Å². The van der Waals surface area contributed by atoms with Gasteiger partial charge in [-0.25, -0.2) is 4.39 Å². The van der Waals surface area contributed by atoms with Gasteiger partial charge in [-0.2, -0.15) is 0 Å². The first-order valence-electron chi connectivity index (χ1n) is 5.75. The molecule has 1 aromatic carbocycles. The van der Waals surface area contributed by atoms with Crippen LogP contribution in [0.2, 0.25) is 0 Å². The molecule has 0 unspecified atom stereocenters. The van der Waals surface area contributed by atoms with E-state index in [0.29, 0.717) is 11.7 Å². The quantitative estimate of drug-likeness (QED) is 0.860.